The number of likely N-dealkylation sites (tertiary alicyclic amines) is 1. The molecule has 0 spiro atoms. The molecule has 1 heterocycles. The number of nitrogens with one attached hydrogen (secondary N) is 4. The van der Waals surface area contributed by atoms with Gasteiger partial charge in [-0.15, -0.1) is 0 Å². The van der Waals surface area contributed by atoms with Gasteiger partial charge in [-0.1, -0.05) is 0 Å². The van der Waals surface area contributed by atoms with Crippen LogP contribution in [-0.2, 0) is 33.6 Å². The van der Waals surface area contributed by atoms with Crippen LogP contribution in [0.2, 0.25) is 0 Å². The number of amides is 7. The quantitative estimate of drug-likeness (QED) is 0.0778. The first-order chi connectivity index (χ1) is 19.1. The van der Waals surface area contributed by atoms with Crippen LogP contribution in [0.25, 0.3) is 0 Å². The van der Waals surface area contributed by atoms with Crippen molar-refractivity contribution in [3.8, 4) is 0 Å². The van der Waals surface area contributed by atoms with E-state index in [4.69, 9.17) is 17.2 Å². The zero-order valence-electron chi connectivity index (χ0n) is 23.8. The van der Waals surface area contributed by atoms with Crippen LogP contribution in [0, 0.1) is 0 Å². The molecule has 7 amide bonds. The molecule has 0 aliphatic carbocycles. The van der Waals surface area contributed by atoms with Crippen LogP contribution in [0.4, 0.5) is 0 Å². The van der Waals surface area contributed by atoms with E-state index in [1.807, 2.05) is 0 Å². The SMILES string of the molecule is CC(=O)N[C@@H](CCCCNC(=O)[C@@H](N)[C@@H](C)O)C(=O)N1CCC[C@H]1C(=O)N[C@@H](CCC(N)=O)C(=O)N[C@H](C)C(N)=O. The number of nitrogens with zero attached hydrogens (tertiary/aromatic N) is 1. The van der Waals surface area contributed by atoms with Crippen LogP contribution in [0.3, 0.4) is 0 Å². The molecule has 0 aromatic carbocycles. The fraction of sp³-hybridized carbons (Fsp3) is 0.720. The molecular weight excluding hydrogens is 540 g/mol. The molecule has 11 N–H and O–H groups in total. The summed E-state index contributed by atoms with van der Waals surface area (Å²) in [5.41, 5.74) is 16.0. The lowest BCUT2D eigenvalue weighted by Gasteiger charge is -2.30. The highest BCUT2D eigenvalue weighted by atomic mass is 16.3. The molecule has 1 aliphatic heterocycles. The van der Waals surface area contributed by atoms with Crippen LogP contribution in [0.15, 0.2) is 0 Å². The molecule has 232 valence electrons. The molecule has 0 bridgehead atoms. The average Bonchev–Trinajstić information content (AvgIpc) is 3.38. The van der Waals surface area contributed by atoms with Crippen LogP contribution in [0.5, 0.6) is 0 Å². The Morgan fingerprint density at radius 1 is 0.927 bits per heavy atom. The molecule has 16 nitrogen and oxygen atoms in total. The zero-order chi connectivity index (χ0) is 31.3. The summed E-state index contributed by atoms with van der Waals surface area (Å²) in [5, 5.41) is 19.5. The smallest absolute Gasteiger partial charge is 0.245 e. The molecule has 0 aromatic heterocycles. The fourth-order valence-corrected chi connectivity index (χ4v) is 4.24. The summed E-state index contributed by atoms with van der Waals surface area (Å²) in [6.45, 7) is 4.53. The van der Waals surface area contributed by atoms with E-state index in [1.54, 1.807) is 0 Å². The van der Waals surface area contributed by atoms with Gasteiger partial charge >= 0.3 is 0 Å². The van der Waals surface area contributed by atoms with Crippen molar-refractivity contribution in [3.05, 3.63) is 0 Å². The maximum Gasteiger partial charge on any atom is 0.245 e. The molecule has 0 unspecified atom stereocenters. The van der Waals surface area contributed by atoms with E-state index >= 15 is 0 Å². The van der Waals surface area contributed by atoms with E-state index in [0.29, 0.717) is 25.7 Å². The van der Waals surface area contributed by atoms with Gasteiger partial charge in [0.25, 0.3) is 0 Å². The Kier molecular flexibility index (Phi) is 14.7. The number of unbranched alkanes of at least 4 members (excludes halogenated alkanes) is 1. The third-order valence-electron chi connectivity index (χ3n) is 6.65. The predicted octanol–water partition coefficient (Wildman–Crippen LogP) is -3.78. The van der Waals surface area contributed by atoms with Gasteiger partial charge in [0.2, 0.25) is 41.4 Å². The highest BCUT2D eigenvalue weighted by molar-refractivity contribution is 5.95. The molecule has 16 heteroatoms. The minimum atomic E-state index is -1.21. The summed E-state index contributed by atoms with van der Waals surface area (Å²) in [6, 6.07) is -5.16. The molecule has 1 fully saturated rings. The van der Waals surface area contributed by atoms with Gasteiger partial charge in [-0.05, 0) is 52.4 Å². The molecule has 1 rings (SSSR count). The van der Waals surface area contributed by atoms with E-state index in [-0.39, 0.29) is 32.4 Å². The Bertz CT molecular complexity index is 975. The van der Waals surface area contributed by atoms with Crippen molar-refractivity contribution in [1.82, 2.24) is 26.2 Å². The second-order valence-electron chi connectivity index (χ2n) is 10.2. The van der Waals surface area contributed by atoms with Gasteiger partial charge in [-0.2, -0.15) is 0 Å². The fourth-order valence-electron chi connectivity index (χ4n) is 4.24. The molecular formula is C25H44N8O8. The minimum Gasteiger partial charge on any atom is -0.391 e. The second-order valence-corrected chi connectivity index (χ2v) is 10.2. The van der Waals surface area contributed by atoms with Gasteiger partial charge in [0.1, 0.15) is 30.2 Å². The van der Waals surface area contributed by atoms with E-state index in [2.05, 4.69) is 21.3 Å². The first-order valence-corrected chi connectivity index (χ1v) is 13.6. The lowest BCUT2D eigenvalue weighted by Crippen LogP contribution is -2.57. The van der Waals surface area contributed by atoms with Crippen LogP contribution in [-0.4, -0.2) is 101 Å². The van der Waals surface area contributed by atoms with Gasteiger partial charge < -0.3 is 48.5 Å². The van der Waals surface area contributed by atoms with Gasteiger partial charge in [-0.3, -0.25) is 33.6 Å². The summed E-state index contributed by atoms with van der Waals surface area (Å²) in [6.07, 6.45) is 0.596. The largest absolute Gasteiger partial charge is 0.391 e. The van der Waals surface area contributed by atoms with E-state index in [1.165, 1.54) is 25.7 Å². The number of nitrogens with two attached hydrogens (primary N) is 3. The first kappa shape index (κ1) is 35.2. The highest BCUT2D eigenvalue weighted by Gasteiger charge is 2.38. The topological polar surface area (TPSA) is 269 Å². The number of primary amides is 2. The number of rotatable bonds is 17. The Morgan fingerprint density at radius 3 is 2.15 bits per heavy atom. The summed E-state index contributed by atoms with van der Waals surface area (Å²) < 4.78 is 0. The van der Waals surface area contributed by atoms with Gasteiger partial charge in [-0.25, -0.2) is 0 Å². The number of carbonyl (C=O) groups is 7. The predicted molar refractivity (Wildman–Crippen MR) is 146 cm³/mol. The maximum absolute atomic E-state index is 13.4. The number of aliphatic hydroxyl groups is 1. The molecule has 0 aromatic rings. The number of aliphatic hydroxyl groups excluding tert-OH is 1. The Labute approximate surface area is 238 Å². The van der Waals surface area contributed by atoms with Crippen LogP contribution < -0.4 is 38.5 Å². The Hall–Kier alpha value is -3.79. The van der Waals surface area contributed by atoms with Crippen LogP contribution >= 0.6 is 0 Å². The average molecular weight is 585 g/mol. The maximum atomic E-state index is 13.4. The number of hydrogen-bond donors (Lipinski definition) is 8. The molecule has 41 heavy (non-hydrogen) atoms. The second kappa shape index (κ2) is 17.1. The third-order valence-corrected chi connectivity index (χ3v) is 6.65. The van der Waals surface area contributed by atoms with E-state index < -0.39 is 77.7 Å². The molecule has 0 radical (unpaired) electrons. The standard InChI is InChI=1S/C25H44N8O8/c1-13(21(28)37)30-22(38)16(9-10-19(26)36)32-23(39)18-8-6-12-33(18)25(41)17(31-15(3)35)7-4-5-11-29-24(40)20(27)14(2)34/h13-14,16-18,20,34H,4-12,27H2,1-3H3,(H2,26,36)(H2,28,37)(H,29,40)(H,30,38)(H,31,35)(H,32,39)/t13-,14-,16+,17+,18+,20+/m1/s1. The monoisotopic (exact) mass is 584 g/mol. The normalized spacial score (nSPS) is 18.3. The minimum absolute atomic E-state index is 0.133. The van der Waals surface area contributed by atoms with Gasteiger partial charge in [0.05, 0.1) is 6.10 Å². The first-order valence-electron chi connectivity index (χ1n) is 13.6. The molecule has 0 saturated carbocycles. The van der Waals surface area contributed by atoms with E-state index in [9.17, 15) is 38.7 Å². The summed E-state index contributed by atoms with van der Waals surface area (Å²) in [7, 11) is 0. The summed E-state index contributed by atoms with van der Waals surface area (Å²) in [5.74, 6) is -4.27. The Morgan fingerprint density at radius 2 is 1.59 bits per heavy atom. The highest BCUT2D eigenvalue weighted by Crippen LogP contribution is 2.20. The van der Waals surface area contributed by atoms with Crippen molar-refractivity contribution >= 4 is 41.4 Å². The van der Waals surface area contributed by atoms with Crippen molar-refractivity contribution in [1.29, 1.82) is 0 Å². The van der Waals surface area contributed by atoms with E-state index in [0.717, 1.165) is 0 Å². The van der Waals surface area contributed by atoms with Gasteiger partial charge in [0.15, 0.2) is 0 Å². The molecule has 1 saturated heterocycles. The summed E-state index contributed by atoms with van der Waals surface area (Å²) >= 11 is 0. The van der Waals surface area contributed by atoms with Crippen molar-refractivity contribution in [2.45, 2.75) is 102 Å². The van der Waals surface area contributed by atoms with Crippen molar-refractivity contribution in [2.75, 3.05) is 13.1 Å². The Balaban J connectivity index is 2.86. The lowest BCUT2D eigenvalue weighted by atomic mass is 10.1. The van der Waals surface area contributed by atoms with Crippen molar-refractivity contribution in [3.63, 3.8) is 0 Å². The molecule has 1 aliphatic rings. The van der Waals surface area contributed by atoms with Crippen LogP contribution in [0.1, 0.15) is 65.7 Å². The lowest BCUT2D eigenvalue weighted by molar-refractivity contribution is -0.142. The van der Waals surface area contributed by atoms with Crippen molar-refractivity contribution < 1.29 is 38.7 Å². The molecule has 6 atom stereocenters. The third kappa shape index (κ3) is 12.1. The number of carbonyl (C=O) groups excluding carboxylic acids is 7. The van der Waals surface area contributed by atoms with Crippen molar-refractivity contribution in [2.24, 2.45) is 17.2 Å². The summed E-state index contributed by atoms with van der Waals surface area (Å²) in [4.78, 5) is 87.0. The number of hydrogen-bond acceptors (Lipinski definition) is 9. The van der Waals surface area contributed by atoms with Gasteiger partial charge in [0, 0.05) is 26.4 Å². The zero-order valence-corrected chi connectivity index (χ0v) is 23.8.